The first kappa shape index (κ1) is 14.0. The topological polar surface area (TPSA) is 61.4 Å². The van der Waals surface area contributed by atoms with Crippen LogP contribution in [0.5, 0.6) is 0 Å². The van der Waals surface area contributed by atoms with E-state index in [0.29, 0.717) is 13.0 Å². The first-order valence-corrected chi connectivity index (χ1v) is 6.99. The molecule has 0 aromatic heterocycles. The fourth-order valence-electron chi connectivity index (χ4n) is 2.38. The van der Waals surface area contributed by atoms with Crippen molar-refractivity contribution < 1.29 is 9.90 Å². The van der Waals surface area contributed by atoms with Crippen LogP contribution in [0.3, 0.4) is 0 Å². The number of piperidine rings is 1. The lowest BCUT2D eigenvalue weighted by molar-refractivity contribution is -0.124. The number of carbonyl (C=O) groups is 1. The molecule has 1 fully saturated rings. The molecule has 0 aliphatic carbocycles. The maximum absolute atomic E-state index is 11.9. The monoisotopic (exact) mass is 262 g/mol. The zero-order valence-corrected chi connectivity index (χ0v) is 11.1. The molecule has 19 heavy (non-hydrogen) atoms. The third-order valence-corrected chi connectivity index (χ3v) is 3.45. The van der Waals surface area contributed by atoms with Gasteiger partial charge < -0.3 is 15.7 Å². The van der Waals surface area contributed by atoms with E-state index in [1.54, 1.807) is 0 Å². The number of hydrogen-bond acceptors (Lipinski definition) is 3. The largest absolute Gasteiger partial charge is 0.391 e. The minimum absolute atomic E-state index is 0.00631. The molecule has 0 radical (unpaired) electrons. The molecule has 1 aliphatic heterocycles. The summed E-state index contributed by atoms with van der Waals surface area (Å²) in [6.07, 6.45) is 3.16. The first-order chi connectivity index (χ1) is 9.25. The van der Waals surface area contributed by atoms with E-state index in [1.807, 2.05) is 30.3 Å². The van der Waals surface area contributed by atoms with Gasteiger partial charge in [-0.05, 0) is 24.9 Å². The highest BCUT2D eigenvalue weighted by Gasteiger charge is 2.20. The predicted molar refractivity (Wildman–Crippen MR) is 74.8 cm³/mol. The summed E-state index contributed by atoms with van der Waals surface area (Å²) in [7, 11) is 0. The molecule has 1 saturated heterocycles. The zero-order chi connectivity index (χ0) is 13.5. The summed E-state index contributed by atoms with van der Waals surface area (Å²) >= 11 is 0. The van der Waals surface area contributed by atoms with Gasteiger partial charge in [-0.15, -0.1) is 0 Å². The Morgan fingerprint density at radius 1 is 1.37 bits per heavy atom. The molecule has 104 valence electrons. The molecule has 4 heteroatoms. The van der Waals surface area contributed by atoms with Crippen molar-refractivity contribution in [2.24, 2.45) is 0 Å². The third kappa shape index (κ3) is 4.65. The van der Waals surface area contributed by atoms with Crippen LogP contribution in [0.1, 0.15) is 24.8 Å². The minimum Gasteiger partial charge on any atom is -0.391 e. The van der Waals surface area contributed by atoms with Crippen LogP contribution in [0.4, 0.5) is 0 Å². The van der Waals surface area contributed by atoms with Gasteiger partial charge in [-0.2, -0.15) is 0 Å². The smallest absolute Gasteiger partial charge is 0.237 e. The molecule has 0 spiro atoms. The summed E-state index contributed by atoms with van der Waals surface area (Å²) in [5.74, 6) is 0.00631. The first-order valence-electron chi connectivity index (χ1n) is 6.99. The maximum Gasteiger partial charge on any atom is 0.237 e. The van der Waals surface area contributed by atoms with Gasteiger partial charge in [-0.25, -0.2) is 0 Å². The van der Waals surface area contributed by atoms with Crippen LogP contribution in [-0.4, -0.2) is 36.2 Å². The van der Waals surface area contributed by atoms with Crippen molar-refractivity contribution >= 4 is 5.91 Å². The Kier molecular flexibility index (Phi) is 5.36. The lowest BCUT2D eigenvalue weighted by Gasteiger charge is -2.23. The number of rotatable bonds is 5. The van der Waals surface area contributed by atoms with Gasteiger partial charge in [-0.3, -0.25) is 4.79 Å². The molecule has 0 saturated carbocycles. The normalized spacial score (nSPS) is 20.8. The summed E-state index contributed by atoms with van der Waals surface area (Å²) in [6, 6.07) is 9.73. The number of carbonyl (C=O) groups excluding carboxylic acids is 1. The van der Waals surface area contributed by atoms with E-state index in [-0.39, 0.29) is 11.9 Å². The van der Waals surface area contributed by atoms with Gasteiger partial charge in [0.15, 0.2) is 0 Å². The van der Waals surface area contributed by atoms with E-state index in [4.69, 9.17) is 0 Å². The predicted octanol–water partition coefficient (Wildman–Crippen LogP) is 0.848. The molecule has 1 amide bonds. The summed E-state index contributed by atoms with van der Waals surface area (Å²) in [5, 5.41) is 15.9. The van der Waals surface area contributed by atoms with E-state index in [0.717, 1.165) is 31.4 Å². The Labute approximate surface area is 114 Å². The van der Waals surface area contributed by atoms with Crippen molar-refractivity contribution in [1.82, 2.24) is 10.6 Å². The molecule has 2 rings (SSSR count). The Balaban J connectivity index is 1.71. The van der Waals surface area contributed by atoms with Crippen molar-refractivity contribution in [1.29, 1.82) is 0 Å². The van der Waals surface area contributed by atoms with E-state index >= 15 is 0 Å². The van der Waals surface area contributed by atoms with Gasteiger partial charge >= 0.3 is 0 Å². The zero-order valence-electron chi connectivity index (χ0n) is 11.1. The highest BCUT2D eigenvalue weighted by Crippen LogP contribution is 2.07. The second kappa shape index (κ2) is 7.26. The van der Waals surface area contributed by atoms with Crippen molar-refractivity contribution in [2.45, 2.75) is 37.8 Å². The van der Waals surface area contributed by atoms with Crippen molar-refractivity contribution in [3.63, 3.8) is 0 Å². The molecule has 2 atom stereocenters. The van der Waals surface area contributed by atoms with E-state index in [9.17, 15) is 9.90 Å². The second-order valence-electron chi connectivity index (χ2n) is 5.09. The van der Waals surface area contributed by atoms with Crippen LogP contribution in [0.15, 0.2) is 30.3 Å². The summed E-state index contributed by atoms with van der Waals surface area (Å²) in [4.78, 5) is 11.9. The Morgan fingerprint density at radius 3 is 2.84 bits per heavy atom. The lowest BCUT2D eigenvalue weighted by atomic mass is 10.0. The maximum atomic E-state index is 11.9. The highest BCUT2D eigenvalue weighted by molar-refractivity contribution is 5.81. The van der Waals surface area contributed by atoms with Gasteiger partial charge in [-0.1, -0.05) is 36.8 Å². The Bertz CT molecular complexity index is 388. The Morgan fingerprint density at radius 2 is 2.16 bits per heavy atom. The van der Waals surface area contributed by atoms with E-state index < -0.39 is 6.10 Å². The fourth-order valence-corrected chi connectivity index (χ4v) is 2.38. The van der Waals surface area contributed by atoms with Crippen LogP contribution in [0.2, 0.25) is 0 Å². The quantitative estimate of drug-likeness (QED) is 0.737. The summed E-state index contributed by atoms with van der Waals surface area (Å²) < 4.78 is 0. The molecule has 2 unspecified atom stereocenters. The fraction of sp³-hybridized carbons (Fsp3) is 0.533. The summed E-state index contributed by atoms with van der Waals surface area (Å²) in [5.41, 5.74) is 1.08. The number of nitrogens with one attached hydrogen (secondary N) is 2. The van der Waals surface area contributed by atoms with Gasteiger partial charge in [0.1, 0.15) is 0 Å². The molecule has 0 bridgehead atoms. The van der Waals surface area contributed by atoms with Crippen LogP contribution in [0.25, 0.3) is 0 Å². The molecule has 1 aromatic rings. The molecule has 1 aromatic carbocycles. The number of hydrogen-bond donors (Lipinski definition) is 3. The van der Waals surface area contributed by atoms with Gasteiger partial charge in [0.25, 0.3) is 0 Å². The van der Waals surface area contributed by atoms with Gasteiger partial charge in [0, 0.05) is 13.0 Å². The molecular weight excluding hydrogens is 240 g/mol. The highest BCUT2D eigenvalue weighted by atomic mass is 16.3. The third-order valence-electron chi connectivity index (χ3n) is 3.45. The number of amides is 1. The standard InChI is InChI=1S/C15H22N2O2/c18-13(10-12-6-2-1-3-7-12)11-17-15(19)14-8-4-5-9-16-14/h1-3,6-7,13-14,16,18H,4-5,8-11H2,(H,17,19). The van der Waals surface area contributed by atoms with Crippen LogP contribution < -0.4 is 10.6 Å². The second-order valence-corrected chi connectivity index (χ2v) is 5.09. The van der Waals surface area contributed by atoms with E-state index in [2.05, 4.69) is 10.6 Å². The number of aliphatic hydroxyl groups is 1. The SMILES string of the molecule is O=C(NCC(O)Cc1ccccc1)C1CCCCN1. The molecule has 1 aliphatic rings. The van der Waals surface area contributed by atoms with E-state index in [1.165, 1.54) is 0 Å². The number of benzene rings is 1. The molecule has 1 heterocycles. The molecule has 3 N–H and O–H groups in total. The van der Waals surface area contributed by atoms with Crippen LogP contribution in [-0.2, 0) is 11.2 Å². The van der Waals surface area contributed by atoms with Crippen molar-refractivity contribution in [3.8, 4) is 0 Å². The van der Waals surface area contributed by atoms with Gasteiger partial charge in [0.05, 0.1) is 12.1 Å². The van der Waals surface area contributed by atoms with Crippen molar-refractivity contribution in [3.05, 3.63) is 35.9 Å². The average Bonchev–Trinajstić information content (AvgIpc) is 2.47. The van der Waals surface area contributed by atoms with Crippen LogP contribution >= 0.6 is 0 Å². The summed E-state index contributed by atoms with van der Waals surface area (Å²) in [6.45, 7) is 1.22. The molecule has 4 nitrogen and oxygen atoms in total. The number of aliphatic hydroxyl groups excluding tert-OH is 1. The minimum atomic E-state index is -0.532. The van der Waals surface area contributed by atoms with Crippen molar-refractivity contribution in [2.75, 3.05) is 13.1 Å². The van der Waals surface area contributed by atoms with Crippen LogP contribution in [0, 0.1) is 0 Å². The molecular formula is C15H22N2O2. The lowest BCUT2D eigenvalue weighted by Crippen LogP contribution is -2.48. The average molecular weight is 262 g/mol. The van der Waals surface area contributed by atoms with Gasteiger partial charge in [0.2, 0.25) is 5.91 Å². The Hall–Kier alpha value is -1.39.